The van der Waals surface area contributed by atoms with Crippen LogP contribution in [-0.2, 0) is 12.8 Å². The fraction of sp³-hybridized carbons (Fsp3) is 0.400. The van der Waals surface area contributed by atoms with Gasteiger partial charge in [0.2, 0.25) is 0 Å². The van der Waals surface area contributed by atoms with E-state index in [2.05, 4.69) is 39.4 Å². The van der Waals surface area contributed by atoms with Crippen molar-refractivity contribution in [3.05, 3.63) is 38.1 Å². The summed E-state index contributed by atoms with van der Waals surface area (Å²) in [5.74, 6) is 0. The number of nitrogens with zero attached hydrogens (tertiary/aromatic N) is 1. The zero-order valence-electron chi connectivity index (χ0n) is 10.6. The minimum atomic E-state index is 0.647. The largest absolute Gasteiger partial charge is 0.314 e. The average molecular weight is 335 g/mol. The summed E-state index contributed by atoms with van der Waals surface area (Å²) < 4.78 is 1.22. The smallest absolute Gasteiger partial charge is 0.0951 e. The molecule has 1 aliphatic heterocycles. The molecule has 19 heavy (non-hydrogen) atoms. The number of aromatic nitrogens is 1. The Bertz CT molecular complexity index is 629. The molecule has 1 fully saturated rings. The van der Waals surface area contributed by atoms with Crippen LogP contribution in [0.2, 0.25) is 0 Å². The lowest BCUT2D eigenvalue weighted by Crippen LogP contribution is -2.23. The van der Waals surface area contributed by atoms with Crippen LogP contribution in [-0.4, -0.2) is 17.6 Å². The van der Waals surface area contributed by atoms with Gasteiger partial charge in [0.25, 0.3) is 0 Å². The van der Waals surface area contributed by atoms with Gasteiger partial charge in [-0.3, -0.25) is 0 Å². The second kappa shape index (κ2) is 4.69. The molecule has 4 heteroatoms. The summed E-state index contributed by atoms with van der Waals surface area (Å²) in [6.45, 7) is 1.17. The summed E-state index contributed by atoms with van der Waals surface area (Å²) in [6.07, 6.45) is 4.75. The lowest BCUT2D eigenvalue weighted by Gasteiger charge is -2.07. The van der Waals surface area contributed by atoms with Gasteiger partial charge in [-0.05, 0) is 31.0 Å². The molecular weight excluding hydrogens is 320 g/mol. The Hall–Kier alpha value is -0.710. The highest BCUT2D eigenvalue weighted by molar-refractivity contribution is 9.10. The van der Waals surface area contributed by atoms with Gasteiger partial charge in [-0.25, -0.2) is 4.98 Å². The second-order valence-electron chi connectivity index (χ2n) is 5.32. The maximum Gasteiger partial charge on any atom is 0.0951 e. The zero-order chi connectivity index (χ0) is 12.8. The molecule has 0 spiro atoms. The third-order valence-corrected chi connectivity index (χ3v) is 5.86. The van der Waals surface area contributed by atoms with Crippen LogP contribution in [0.3, 0.4) is 0 Å². The monoisotopic (exact) mass is 334 g/mol. The first-order valence-corrected chi connectivity index (χ1v) is 8.42. The van der Waals surface area contributed by atoms with Gasteiger partial charge >= 0.3 is 0 Å². The van der Waals surface area contributed by atoms with E-state index in [1.807, 2.05) is 11.3 Å². The molecule has 1 saturated heterocycles. The Kier molecular flexibility index (Phi) is 2.98. The van der Waals surface area contributed by atoms with E-state index < -0.39 is 0 Å². The van der Waals surface area contributed by atoms with Gasteiger partial charge in [-0.15, -0.1) is 11.3 Å². The molecule has 0 bridgehead atoms. The highest BCUT2D eigenvalue weighted by Crippen LogP contribution is 2.42. The van der Waals surface area contributed by atoms with Crippen molar-refractivity contribution in [1.82, 2.24) is 10.3 Å². The van der Waals surface area contributed by atoms with Crippen LogP contribution in [0.5, 0.6) is 0 Å². The van der Waals surface area contributed by atoms with Crippen molar-refractivity contribution in [2.24, 2.45) is 0 Å². The summed E-state index contributed by atoms with van der Waals surface area (Å²) in [7, 11) is 0. The van der Waals surface area contributed by atoms with E-state index in [0.29, 0.717) is 6.04 Å². The predicted octanol–water partition coefficient (Wildman–Crippen LogP) is 3.77. The number of thiazole rings is 1. The number of nitrogens with one attached hydrogen (secondary N) is 1. The molecule has 1 aliphatic carbocycles. The SMILES string of the molecule is Brc1cccc2c1Cc1sc(CC3CCCN3)nc1-2. The van der Waals surface area contributed by atoms with Crippen molar-refractivity contribution in [1.29, 1.82) is 0 Å². The fourth-order valence-electron chi connectivity index (χ4n) is 3.08. The Morgan fingerprint density at radius 1 is 1.42 bits per heavy atom. The van der Waals surface area contributed by atoms with Crippen molar-refractivity contribution in [3.8, 4) is 11.3 Å². The fourth-order valence-corrected chi connectivity index (χ4v) is 4.76. The second-order valence-corrected chi connectivity index (χ2v) is 7.34. The van der Waals surface area contributed by atoms with Crippen LogP contribution in [0.4, 0.5) is 0 Å². The van der Waals surface area contributed by atoms with E-state index in [1.165, 1.54) is 50.6 Å². The summed E-state index contributed by atoms with van der Waals surface area (Å²) in [6, 6.07) is 7.07. The molecule has 2 nitrogen and oxygen atoms in total. The number of rotatable bonds is 2. The Morgan fingerprint density at radius 2 is 2.37 bits per heavy atom. The molecule has 0 radical (unpaired) electrons. The molecule has 1 aromatic heterocycles. The lowest BCUT2D eigenvalue weighted by atomic mass is 10.1. The normalized spacial score (nSPS) is 20.6. The number of benzene rings is 1. The standard InChI is InChI=1S/C15H15BrN2S/c16-12-5-1-4-10-11(12)8-13-15(10)18-14(19-13)7-9-3-2-6-17-9/h1,4-5,9,17H,2-3,6-8H2. The van der Waals surface area contributed by atoms with Crippen LogP contribution in [0.1, 0.15) is 28.3 Å². The average Bonchev–Trinajstić information content (AvgIpc) is 3.07. The van der Waals surface area contributed by atoms with E-state index in [4.69, 9.17) is 4.98 Å². The van der Waals surface area contributed by atoms with E-state index in [0.717, 1.165) is 12.8 Å². The van der Waals surface area contributed by atoms with Crippen molar-refractivity contribution < 1.29 is 0 Å². The van der Waals surface area contributed by atoms with Crippen LogP contribution in [0.15, 0.2) is 22.7 Å². The minimum absolute atomic E-state index is 0.647. The molecule has 1 aromatic carbocycles. The molecule has 2 aliphatic rings. The van der Waals surface area contributed by atoms with Gasteiger partial charge in [0, 0.05) is 33.8 Å². The maximum atomic E-state index is 4.89. The Balaban J connectivity index is 1.65. The topological polar surface area (TPSA) is 24.9 Å². The first-order chi connectivity index (χ1) is 9.31. The zero-order valence-corrected chi connectivity index (χ0v) is 13.0. The quantitative estimate of drug-likeness (QED) is 0.771. The minimum Gasteiger partial charge on any atom is -0.314 e. The molecule has 1 unspecified atom stereocenters. The highest BCUT2D eigenvalue weighted by atomic mass is 79.9. The first-order valence-electron chi connectivity index (χ1n) is 6.81. The highest BCUT2D eigenvalue weighted by Gasteiger charge is 2.26. The maximum absolute atomic E-state index is 4.89. The van der Waals surface area contributed by atoms with Gasteiger partial charge < -0.3 is 5.32 Å². The molecule has 1 atom stereocenters. The predicted molar refractivity (Wildman–Crippen MR) is 82.8 cm³/mol. The number of halogens is 1. The summed E-state index contributed by atoms with van der Waals surface area (Å²) in [5.41, 5.74) is 3.96. The van der Waals surface area contributed by atoms with Gasteiger partial charge in [0.05, 0.1) is 10.7 Å². The lowest BCUT2D eigenvalue weighted by molar-refractivity contribution is 0.601. The van der Waals surface area contributed by atoms with Crippen LogP contribution >= 0.6 is 27.3 Å². The molecule has 4 rings (SSSR count). The summed E-state index contributed by atoms with van der Waals surface area (Å²) in [5, 5.41) is 4.86. The van der Waals surface area contributed by atoms with Crippen molar-refractivity contribution in [3.63, 3.8) is 0 Å². The van der Waals surface area contributed by atoms with Crippen molar-refractivity contribution in [2.45, 2.75) is 31.7 Å². The molecule has 0 amide bonds. The van der Waals surface area contributed by atoms with Gasteiger partial charge in [0.1, 0.15) is 0 Å². The van der Waals surface area contributed by atoms with E-state index >= 15 is 0 Å². The molecule has 0 saturated carbocycles. The Labute approximate surface area is 125 Å². The first kappa shape index (κ1) is 12.1. The van der Waals surface area contributed by atoms with Crippen LogP contribution in [0, 0.1) is 0 Å². The molecule has 1 N–H and O–H groups in total. The number of hydrogen-bond acceptors (Lipinski definition) is 3. The molecule has 98 valence electrons. The molecule has 2 aromatic rings. The van der Waals surface area contributed by atoms with E-state index in [9.17, 15) is 0 Å². The molecule has 2 heterocycles. The van der Waals surface area contributed by atoms with E-state index in [-0.39, 0.29) is 0 Å². The number of hydrogen-bond donors (Lipinski definition) is 1. The van der Waals surface area contributed by atoms with Crippen LogP contribution < -0.4 is 5.32 Å². The Morgan fingerprint density at radius 3 is 3.21 bits per heavy atom. The third kappa shape index (κ3) is 2.06. The van der Waals surface area contributed by atoms with Crippen molar-refractivity contribution in [2.75, 3.05) is 6.54 Å². The summed E-state index contributed by atoms with van der Waals surface area (Å²) >= 11 is 5.55. The third-order valence-electron chi connectivity index (χ3n) is 4.04. The van der Waals surface area contributed by atoms with Gasteiger partial charge in [0.15, 0.2) is 0 Å². The summed E-state index contributed by atoms with van der Waals surface area (Å²) in [4.78, 5) is 6.33. The van der Waals surface area contributed by atoms with Crippen LogP contribution in [0.25, 0.3) is 11.3 Å². The van der Waals surface area contributed by atoms with Gasteiger partial charge in [-0.1, -0.05) is 28.1 Å². The van der Waals surface area contributed by atoms with E-state index in [1.54, 1.807) is 0 Å². The number of fused-ring (bicyclic) bond motifs is 3. The molecular formula is C15H15BrN2S. The van der Waals surface area contributed by atoms with Crippen molar-refractivity contribution >= 4 is 27.3 Å². The van der Waals surface area contributed by atoms with Gasteiger partial charge in [-0.2, -0.15) is 0 Å².